The first-order valence-electron chi connectivity index (χ1n) is 5.53. The predicted molar refractivity (Wildman–Crippen MR) is 53.5 cm³/mol. The quantitative estimate of drug-likeness (QED) is 0.663. The van der Waals surface area contributed by atoms with Gasteiger partial charge in [0.2, 0.25) is 0 Å². The lowest BCUT2D eigenvalue weighted by atomic mass is 9.93. The molecule has 0 aromatic heterocycles. The fraction of sp³-hybridized carbons (Fsp3) is 1.00. The summed E-state index contributed by atoms with van der Waals surface area (Å²) >= 11 is 0. The van der Waals surface area contributed by atoms with E-state index in [1.54, 1.807) is 0 Å². The first kappa shape index (κ1) is 11.0. The van der Waals surface area contributed by atoms with Gasteiger partial charge in [0.15, 0.2) is 0 Å². The zero-order chi connectivity index (χ0) is 9.73. The van der Waals surface area contributed by atoms with Gasteiger partial charge in [0.25, 0.3) is 0 Å². The van der Waals surface area contributed by atoms with Crippen molar-refractivity contribution >= 4 is 0 Å². The molecule has 1 aliphatic carbocycles. The molecule has 0 aliphatic heterocycles. The molecule has 2 nitrogen and oxygen atoms in total. The molecular formula is C11H22O2. The van der Waals surface area contributed by atoms with Crippen LogP contribution in [0.2, 0.25) is 0 Å². The van der Waals surface area contributed by atoms with Crippen LogP contribution in [0, 0.1) is 5.92 Å². The first-order valence-corrected chi connectivity index (χ1v) is 5.53. The Hall–Kier alpha value is -0.0800. The van der Waals surface area contributed by atoms with Crippen LogP contribution < -0.4 is 0 Å². The molecule has 0 spiro atoms. The molecule has 0 radical (unpaired) electrons. The maximum Gasteiger partial charge on any atom is 0.0877 e. The van der Waals surface area contributed by atoms with Crippen molar-refractivity contribution < 1.29 is 10.2 Å². The van der Waals surface area contributed by atoms with Gasteiger partial charge in [-0.1, -0.05) is 32.6 Å². The molecule has 0 aromatic carbocycles. The minimum Gasteiger partial charge on any atom is -0.393 e. The number of hydrogen-bond acceptors (Lipinski definition) is 2. The van der Waals surface area contributed by atoms with Crippen molar-refractivity contribution in [3.05, 3.63) is 0 Å². The molecule has 2 heteroatoms. The van der Waals surface area contributed by atoms with Crippen molar-refractivity contribution in [1.82, 2.24) is 0 Å². The Balaban J connectivity index is 2.39. The molecule has 1 rings (SSSR count). The summed E-state index contributed by atoms with van der Waals surface area (Å²) in [7, 11) is 0. The van der Waals surface area contributed by atoms with Crippen LogP contribution in [-0.4, -0.2) is 22.4 Å². The summed E-state index contributed by atoms with van der Waals surface area (Å²) in [5, 5.41) is 18.9. The summed E-state index contributed by atoms with van der Waals surface area (Å²) < 4.78 is 0. The van der Waals surface area contributed by atoms with Gasteiger partial charge in [-0.3, -0.25) is 0 Å². The molecule has 0 heterocycles. The summed E-state index contributed by atoms with van der Waals surface area (Å²) in [4.78, 5) is 0. The maximum atomic E-state index is 9.90. The van der Waals surface area contributed by atoms with Crippen LogP contribution in [0.25, 0.3) is 0 Å². The van der Waals surface area contributed by atoms with Crippen molar-refractivity contribution in [1.29, 1.82) is 0 Å². The number of aliphatic hydroxyl groups is 2. The molecule has 1 aliphatic rings. The topological polar surface area (TPSA) is 40.5 Å². The number of rotatable bonds is 3. The summed E-state index contributed by atoms with van der Waals surface area (Å²) in [6.45, 7) is 2.15. The van der Waals surface area contributed by atoms with Crippen molar-refractivity contribution in [2.75, 3.05) is 6.61 Å². The van der Waals surface area contributed by atoms with Crippen LogP contribution in [0.15, 0.2) is 0 Å². The van der Waals surface area contributed by atoms with E-state index in [0.29, 0.717) is 0 Å². The van der Waals surface area contributed by atoms with Gasteiger partial charge in [0, 0.05) is 0 Å². The van der Waals surface area contributed by atoms with Crippen molar-refractivity contribution in [3.8, 4) is 0 Å². The summed E-state index contributed by atoms with van der Waals surface area (Å²) in [6, 6.07) is 0. The van der Waals surface area contributed by atoms with E-state index in [2.05, 4.69) is 6.92 Å². The Bertz CT molecular complexity index is 147. The molecule has 0 aromatic rings. The van der Waals surface area contributed by atoms with Gasteiger partial charge in [0.1, 0.15) is 0 Å². The highest BCUT2D eigenvalue weighted by molar-refractivity contribution is 4.82. The highest BCUT2D eigenvalue weighted by Gasteiger charge is 2.29. The predicted octanol–water partition coefficient (Wildman–Crippen LogP) is 2.09. The molecule has 0 saturated heterocycles. The third kappa shape index (κ3) is 3.28. The van der Waals surface area contributed by atoms with Gasteiger partial charge in [-0.05, 0) is 25.2 Å². The Kier molecular flexibility index (Phi) is 4.20. The lowest BCUT2D eigenvalue weighted by molar-refractivity contribution is -0.0269. The fourth-order valence-corrected chi connectivity index (χ4v) is 2.32. The van der Waals surface area contributed by atoms with Crippen molar-refractivity contribution in [2.45, 2.75) is 57.5 Å². The number of hydrogen-bond donors (Lipinski definition) is 2. The largest absolute Gasteiger partial charge is 0.393 e. The average Bonchev–Trinajstić information content (AvgIpc) is 2.31. The van der Waals surface area contributed by atoms with E-state index in [0.717, 1.165) is 31.6 Å². The Morgan fingerprint density at radius 3 is 2.69 bits per heavy atom. The molecular weight excluding hydrogens is 164 g/mol. The molecule has 2 atom stereocenters. The van der Waals surface area contributed by atoms with Gasteiger partial charge >= 0.3 is 0 Å². The van der Waals surface area contributed by atoms with E-state index >= 15 is 0 Å². The standard InChI is InChI=1S/C11H22O2/c1-2-4-10-5-3-7-11(13,9-12)8-6-10/h10,12-13H,2-9H2,1H3. The van der Waals surface area contributed by atoms with E-state index < -0.39 is 5.60 Å². The number of aliphatic hydroxyl groups excluding tert-OH is 1. The molecule has 2 unspecified atom stereocenters. The normalized spacial score (nSPS) is 35.8. The smallest absolute Gasteiger partial charge is 0.0877 e. The van der Waals surface area contributed by atoms with E-state index in [-0.39, 0.29) is 6.61 Å². The summed E-state index contributed by atoms with van der Waals surface area (Å²) in [6.07, 6.45) is 7.48. The molecule has 2 N–H and O–H groups in total. The van der Waals surface area contributed by atoms with Crippen LogP contribution in [0.4, 0.5) is 0 Å². The zero-order valence-corrected chi connectivity index (χ0v) is 8.63. The van der Waals surface area contributed by atoms with Gasteiger partial charge in [-0.15, -0.1) is 0 Å². The monoisotopic (exact) mass is 186 g/mol. The van der Waals surface area contributed by atoms with E-state index in [1.807, 2.05) is 0 Å². The Morgan fingerprint density at radius 2 is 2.08 bits per heavy atom. The molecule has 1 fully saturated rings. The molecule has 78 valence electrons. The molecule has 0 amide bonds. The SMILES string of the molecule is CCCC1CCCC(O)(CO)CC1. The minimum atomic E-state index is -0.761. The second-order valence-corrected chi connectivity index (χ2v) is 4.47. The van der Waals surface area contributed by atoms with E-state index in [4.69, 9.17) is 5.11 Å². The fourth-order valence-electron chi connectivity index (χ4n) is 2.32. The third-order valence-electron chi connectivity index (χ3n) is 3.26. The van der Waals surface area contributed by atoms with E-state index in [1.165, 1.54) is 19.3 Å². The van der Waals surface area contributed by atoms with Crippen LogP contribution >= 0.6 is 0 Å². The van der Waals surface area contributed by atoms with Crippen LogP contribution in [0.1, 0.15) is 51.9 Å². The maximum absolute atomic E-state index is 9.90. The average molecular weight is 186 g/mol. The molecule has 1 saturated carbocycles. The van der Waals surface area contributed by atoms with Gasteiger partial charge in [-0.2, -0.15) is 0 Å². The second kappa shape index (κ2) is 4.97. The van der Waals surface area contributed by atoms with Crippen molar-refractivity contribution in [2.24, 2.45) is 5.92 Å². The lowest BCUT2D eigenvalue weighted by Crippen LogP contribution is -2.32. The summed E-state index contributed by atoms with van der Waals surface area (Å²) in [5.74, 6) is 0.783. The van der Waals surface area contributed by atoms with Crippen LogP contribution in [0.5, 0.6) is 0 Å². The van der Waals surface area contributed by atoms with Gasteiger partial charge < -0.3 is 10.2 Å². The third-order valence-corrected chi connectivity index (χ3v) is 3.26. The first-order chi connectivity index (χ1) is 6.20. The van der Waals surface area contributed by atoms with Crippen molar-refractivity contribution in [3.63, 3.8) is 0 Å². The van der Waals surface area contributed by atoms with Gasteiger partial charge in [0.05, 0.1) is 12.2 Å². The Morgan fingerprint density at radius 1 is 1.31 bits per heavy atom. The highest BCUT2D eigenvalue weighted by Crippen LogP contribution is 2.32. The molecule has 13 heavy (non-hydrogen) atoms. The minimum absolute atomic E-state index is 0.0636. The van der Waals surface area contributed by atoms with Crippen LogP contribution in [-0.2, 0) is 0 Å². The highest BCUT2D eigenvalue weighted by atomic mass is 16.3. The molecule has 0 bridgehead atoms. The van der Waals surface area contributed by atoms with E-state index in [9.17, 15) is 5.11 Å². The van der Waals surface area contributed by atoms with Crippen LogP contribution in [0.3, 0.4) is 0 Å². The second-order valence-electron chi connectivity index (χ2n) is 4.47. The zero-order valence-electron chi connectivity index (χ0n) is 8.63. The Labute approximate surface area is 81.0 Å². The summed E-state index contributed by atoms with van der Waals surface area (Å²) in [5.41, 5.74) is -0.761. The van der Waals surface area contributed by atoms with Gasteiger partial charge in [-0.25, -0.2) is 0 Å². The lowest BCUT2D eigenvalue weighted by Gasteiger charge is -2.23.